The van der Waals surface area contributed by atoms with Gasteiger partial charge < -0.3 is 9.29 Å². The van der Waals surface area contributed by atoms with Gasteiger partial charge in [-0.15, -0.1) is 0 Å². The average molecular weight is 282 g/mol. The van der Waals surface area contributed by atoms with Gasteiger partial charge in [-0.3, -0.25) is 0 Å². The zero-order valence-electron chi connectivity index (χ0n) is 9.01. The molecule has 0 aromatic heterocycles. The Hall–Kier alpha value is 0.436. The Morgan fingerprint density at radius 1 is 1.35 bits per heavy atom. The fourth-order valence-corrected chi connectivity index (χ4v) is 1.47. The minimum absolute atomic E-state index is 0. The summed E-state index contributed by atoms with van der Waals surface area (Å²) in [5.74, 6) is -0.399. The molecule has 0 aliphatic carbocycles. The van der Waals surface area contributed by atoms with Crippen LogP contribution in [0.25, 0.3) is 0 Å². The molecule has 17 heavy (non-hydrogen) atoms. The van der Waals surface area contributed by atoms with E-state index in [-0.39, 0.29) is 56.3 Å². The van der Waals surface area contributed by atoms with E-state index in [1.54, 1.807) is 0 Å². The summed E-state index contributed by atoms with van der Waals surface area (Å²) in [6.45, 7) is 2.42. The van der Waals surface area contributed by atoms with Crippen LogP contribution in [0.3, 0.4) is 0 Å². The first-order valence-corrected chi connectivity index (χ1v) is 6.14. The predicted octanol–water partition coefficient (Wildman–Crippen LogP) is 1.58. The van der Waals surface area contributed by atoms with Crippen molar-refractivity contribution in [3.63, 3.8) is 0 Å². The molecule has 0 aliphatic rings. The Balaban J connectivity index is 0.00000256. The summed E-state index contributed by atoms with van der Waals surface area (Å²) in [5, 5.41) is 0. The molecule has 0 radical (unpaired) electrons. The monoisotopic (exact) mass is 282 g/mol. The van der Waals surface area contributed by atoms with E-state index in [0.29, 0.717) is 12.2 Å². The van der Waals surface area contributed by atoms with Gasteiger partial charge >= 0.3 is 57.4 Å². The van der Waals surface area contributed by atoms with Crippen molar-refractivity contribution in [2.75, 3.05) is 6.61 Å². The van der Waals surface area contributed by atoms with E-state index < -0.39 is 17.0 Å². The minimum atomic E-state index is -2.01. The second-order valence-corrected chi connectivity index (χ2v) is 4.23. The third-order valence-electron chi connectivity index (χ3n) is 2.02. The van der Waals surface area contributed by atoms with Gasteiger partial charge in [-0.2, -0.15) is 0 Å². The van der Waals surface area contributed by atoms with Crippen LogP contribution in [0.1, 0.15) is 30.1 Å². The molecule has 0 saturated heterocycles. The SMILES string of the molecule is CCCCOC(=O)c1ccc(S(=O)O)cc1.[KH]. The second kappa shape index (κ2) is 9.38. The Labute approximate surface area is 146 Å². The number of esters is 1. The Morgan fingerprint density at radius 2 is 1.94 bits per heavy atom. The number of carbonyl (C=O) groups excluding carboxylic acids is 1. The van der Waals surface area contributed by atoms with Crippen molar-refractivity contribution in [2.24, 2.45) is 0 Å². The second-order valence-electron chi connectivity index (χ2n) is 3.26. The Bertz CT molecular complexity index is 378. The van der Waals surface area contributed by atoms with Gasteiger partial charge in [0.25, 0.3) is 0 Å². The quantitative estimate of drug-likeness (QED) is 0.385. The molecular formula is C11H15KO4S. The normalized spacial score (nSPS) is 11.4. The summed E-state index contributed by atoms with van der Waals surface area (Å²) in [6, 6.07) is 5.84. The van der Waals surface area contributed by atoms with Crippen LogP contribution in [0.4, 0.5) is 0 Å². The molecule has 0 heterocycles. The molecule has 0 fully saturated rings. The topological polar surface area (TPSA) is 63.6 Å². The number of rotatable bonds is 5. The van der Waals surface area contributed by atoms with Crippen LogP contribution in [-0.4, -0.2) is 72.7 Å². The number of ether oxygens (including phenoxy) is 1. The van der Waals surface area contributed by atoms with E-state index in [2.05, 4.69) is 0 Å². The zero-order valence-corrected chi connectivity index (χ0v) is 9.83. The molecule has 1 aromatic rings. The number of benzene rings is 1. The van der Waals surface area contributed by atoms with Gasteiger partial charge in [0, 0.05) is 0 Å². The Morgan fingerprint density at radius 3 is 2.41 bits per heavy atom. The molecule has 90 valence electrons. The molecule has 0 spiro atoms. The van der Waals surface area contributed by atoms with Gasteiger partial charge in [0.05, 0.1) is 17.1 Å². The number of hydrogen-bond donors (Lipinski definition) is 1. The van der Waals surface area contributed by atoms with Crippen molar-refractivity contribution in [3.05, 3.63) is 29.8 Å². The first-order chi connectivity index (χ1) is 7.65. The third kappa shape index (κ3) is 6.24. The standard InChI is InChI=1S/C11H14O4S.K.H/c1-2-3-8-15-11(12)9-4-6-10(7-5-9)16(13)14;;/h4-7H,2-3,8H2,1H3,(H,13,14);;. The van der Waals surface area contributed by atoms with Crippen LogP contribution in [-0.2, 0) is 15.8 Å². The summed E-state index contributed by atoms with van der Waals surface area (Å²) >= 11 is -2.01. The molecule has 0 amide bonds. The summed E-state index contributed by atoms with van der Waals surface area (Å²) in [4.78, 5) is 11.7. The van der Waals surface area contributed by atoms with Gasteiger partial charge in [0.1, 0.15) is 0 Å². The van der Waals surface area contributed by atoms with Gasteiger partial charge in [-0.25, -0.2) is 9.00 Å². The molecule has 1 aromatic carbocycles. The van der Waals surface area contributed by atoms with E-state index in [1.807, 2.05) is 6.92 Å². The van der Waals surface area contributed by atoms with E-state index in [1.165, 1.54) is 24.3 Å². The predicted molar refractivity (Wildman–Crippen MR) is 67.8 cm³/mol. The summed E-state index contributed by atoms with van der Waals surface area (Å²) in [5.41, 5.74) is 0.394. The number of hydrogen-bond acceptors (Lipinski definition) is 3. The fraction of sp³-hybridized carbons (Fsp3) is 0.364. The number of carbonyl (C=O) groups is 1. The van der Waals surface area contributed by atoms with Gasteiger partial charge in [0.2, 0.25) is 0 Å². The van der Waals surface area contributed by atoms with E-state index in [0.717, 1.165) is 12.8 Å². The van der Waals surface area contributed by atoms with Crippen LogP contribution in [0.15, 0.2) is 29.2 Å². The molecule has 0 aliphatic heterocycles. The summed E-state index contributed by atoms with van der Waals surface area (Å²) in [7, 11) is 0. The van der Waals surface area contributed by atoms with Gasteiger partial charge in [-0.1, -0.05) is 13.3 Å². The van der Waals surface area contributed by atoms with Crippen molar-refractivity contribution < 1.29 is 18.3 Å². The maximum atomic E-state index is 11.4. The van der Waals surface area contributed by atoms with Crippen molar-refractivity contribution in [1.82, 2.24) is 0 Å². The van der Waals surface area contributed by atoms with Crippen LogP contribution < -0.4 is 0 Å². The zero-order chi connectivity index (χ0) is 12.0. The first-order valence-electron chi connectivity index (χ1n) is 5.03. The molecule has 1 unspecified atom stereocenters. The van der Waals surface area contributed by atoms with Crippen molar-refractivity contribution in [1.29, 1.82) is 0 Å². The van der Waals surface area contributed by atoms with Crippen LogP contribution in [0.5, 0.6) is 0 Å². The van der Waals surface area contributed by atoms with Crippen molar-refractivity contribution in [3.8, 4) is 0 Å². The van der Waals surface area contributed by atoms with E-state index >= 15 is 0 Å². The fourth-order valence-electron chi connectivity index (χ4n) is 1.10. The third-order valence-corrected chi connectivity index (χ3v) is 2.70. The van der Waals surface area contributed by atoms with Gasteiger partial charge in [-0.05, 0) is 30.7 Å². The molecular weight excluding hydrogens is 267 g/mol. The Kier molecular flexibility index (Phi) is 9.62. The summed E-state index contributed by atoms with van der Waals surface area (Å²) < 4.78 is 24.5. The van der Waals surface area contributed by atoms with Gasteiger partial charge in [0.15, 0.2) is 11.1 Å². The first kappa shape index (κ1) is 17.4. The molecule has 0 saturated carbocycles. The van der Waals surface area contributed by atoms with Crippen LogP contribution in [0, 0.1) is 0 Å². The molecule has 4 nitrogen and oxygen atoms in total. The van der Waals surface area contributed by atoms with Crippen molar-refractivity contribution in [2.45, 2.75) is 24.7 Å². The molecule has 1 rings (SSSR count). The van der Waals surface area contributed by atoms with Crippen molar-refractivity contribution >= 4 is 68.4 Å². The maximum absolute atomic E-state index is 11.4. The number of unbranched alkanes of at least 4 members (excludes halogenated alkanes) is 1. The summed E-state index contributed by atoms with van der Waals surface area (Å²) in [6.07, 6.45) is 1.81. The molecule has 1 N–H and O–H groups in total. The average Bonchev–Trinajstić information content (AvgIpc) is 2.29. The van der Waals surface area contributed by atoms with E-state index in [9.17, 15) is 9.00 Å². The van der Waals surface area contributed by atoms with Crippen LogP contribution >= 0.6 is 0 Å². The molecule has 6 heteroatoms. The molecule has 0 bridgehead atoms. The van der Waals surface area contributed by atoms with E-state index in [4.69, 9.17) is 9.29 Å². The van der Waals surface area contributed by atoms with Crippen LogP contribution in [0.2, 0.25) is 0 Å². The molecule has 1 atom stereocenters.